The number of esters is 1. The van der Waals surface area contributed by atoms with Gasteiger partial charge in [0.2, 0.25) is 0 Å². The van der Waals surface area contributed by atoms with Gasteiger partial charge in [0, 0.05) is 7.34 Å². The zero-order chi connectivity index (χ0) is 26.0. The van der Waals surface area contributed by atoms with Crippen LogP contribution in [0.25, 0.3) is 5.57 Å². The average Bonchev–Trinajstić information content (AvgIpc) is 3.14. The van der Waals surface area contributed by atoms with E-state index in [1.807, 2.05) is 32.1 Å². The van der Waals surface area contributed by atoms with Crippen molar-refractivity contribution in [3.8, 4) is 0 Å². The molecule has 3 fully saturated rings. The summed E-state index contributed by atoms with van der Waals surface area (Å²) in [6.07, 6.45) is 13.8. The van der Waals surface area contributed by atoms with Gasteiger partial charge in [-0.3, -0.25) is 9.59 Å². The van der Waals surface area contributed by atoms with Crippen LogP contribution in [0.1, 0.15) is 53.4 Å². The molecule has 1 saturated heterocycles. The third-order valence-electron chi connectivity index (χ3n) is 8.58. The van der Waals surface area contributed by atoms with Crippen LogP contribution in [0.5, 0.6) is 0 Å². The highest BCUT2D eigenvalue weighted by Crippen LogP contribution is 2.55. The molecule has 0 bridgehead atoms. The number of ether oxygens (including phenoxy) is 1. The van der Waals surface area contributed by atoms with Crippen molar-refractivity contribution in [3.05, 3.63) is 90.3 Å². The van der Waals surface area contributed by atoms with E-state index in [0.717, 1.165) is 48.0 Å². The van der Waals surface area contributed by atoms with Gasteiger partial charge in [0.05, 0.1) is 5.92 Å². The van der Waals surface area contributed by atoms with Crippen LogP contribution in [0.3, 0.4) is 0 Å². The molecule has 1 aromatic carbocycles. The Kier molecular flexibility index (Phi) is 7.92. The summed E-state index contributed by atoms with van der Waals surface area (Å²) in [5.41, 5.74) is 3.44. The van der Waals surface area contributed by atoms with Gasteiger partial charge in [-0.2, -0.15) is 0 Å². The van der Waals surface area contributed by atoms with Crippen molar-refractivity contribution in [2.75, 3.05) is 0 Å². The number of halogens is 1. The van der Waals surface area contributed by atoms with Gasteiger partial charge in [-0.15, -0.1) is 0 Å². The highest BCUT2D eigenvalue weighted by Gasteiger charge is 2.54. The molecular formula is C32H39FO3. The summed E-state index contributed by atoms with van der Waals surface area (Å²) in [6, 6.07) is 6.50. The van der Waals surface area contributed by atoms with Crippen molar-refractivity contribution in [2.45, 2.75) is 52.6 Å². The Bertz CT molecular complexity index is 1150. The van der Waals surface area contributed by atoms with E-state index in [4.69, 9.17) is 4.74 Å². The van der Waals surface area contributed by atoms with Crippen molar-refractivity contribution in [2.24, 2.45) is 35.5 Å². The standard InChI is InChI=1S/C32H37FO3.H2/c1-6-23(25-8-7-9-27(33)17-25)12-10-19(2)11-14-29-28-15-13-24(20(3)21(4)34)16-26(28)18-30-31(29)22(5)36-32(30)35;/h6-12,14,17,22,24,26,28-31H,1,3,13,15-16,18H2,2,4-5H3;1H/b14-11+,19-10+,23-12+;/t22-,24-,26+,28-,29+,30-,31+;/m1./s1. The lowest BCUT2D eigenvalue weighted by atomic mass is 9.55. The maximum Gasteiger partial charge on any atom is 0.309 e. The molecule has 2 saturated carbocycles. The van der Waals surface area contributed by atoms with Crippen LogP contribution in [-0.2, 0) is 14.3 Å². The molecule has 0 radical (unpaired) electrons. The van der Waals surface area contributed by atoms with Crippen molar-refractivity contribution >= 4 is 17.3 Å². The molecule has 0 aromatic heterocycles. The van der Waals surface area contributed by atoms with Gasteiger partial charge < -0.3 is 4.74 Å². The molecule has 2 aliphatic carbocycles. The first-order chi connectivity index (χ1) is 17.2. The van der Waals surface area contributed by atoms with E-state index in [1.54, 1.807) is 19.1 Å². The van der Waals surface area contributed by atoms with E-state index >= 15 is 0 Å². The zero-order valence-corrected chi connectivity index (χ0v) is 21.6. The SMILES string of the molecule is C=C\C(=C/C=C(C)/C=C/[C@H]1[C@@H]2CC[C@@H](C(=C)C(C)=O)C[C@H]2C[C@H]2C(=O)O[C@H](C)[C@@H]12)c1cccc(F)c1.[HH]. The molecule has 4 heteroatoms. The van der Waals surface area contributed by atoms with Crippen LogP contribution in [0.2, 0.25) is 0 Å². The second kappa shape index (κ2) is 10.9. The molecule has 0 unspecified atom stereocenters. The number of ketones is 1. The second-order valence-electron chi connectivity index (χ2n) is 10.8. The van der Waals surface area contributed by atoms with Gasteiger partial charge in [0.25, 0.3) is 0 Å². The summed E-state index contributed by atoms with van der Waals surface area (Å²) in [5, 5.41) is 0. The second-order valence-corrected chi connectivity index (χ2v) is 10.8. The number of hydrogen-bond donors (Lipinski definition) is 0. The van der Waals surface area contributed by atoms with Crippen molar-refractivity contribution in [1.29, 1.82) is 0 Å². The van der Waals surface area contributed by atoms with E-state index in [1.165, 1.54) is 12.1 Å². The highest BCUT2D eigenvalue weighted by atomic mass is 19.1. The predicted octanol–water partition coefficient (Wildman–Crippen LogP) is 7.52. The Morgan fingerprint density at radius 3 is 2.67 bits per heavy atom. The Morgan fingerprint density at radius 1 is 1.19 bits per heavy atom. The molecule has 7 atom stereocenters. The Hall–Kier alpha value is -3.01. The lowest BCUT2D eigenvalue weighted by Crippen LogP contribution is -2.44. The first-order valence-electron chi connectivity index (χ1n) is 13.0. The van der Waals surface area contributed by atoms with Crippen LogP contribution in [0, 0.1) is 41.3 Å². The Balaban J connectivity index is 0.00000380. The fraction of sp³-hybridized carbons (Fsp3) is 0.438. The average molecular weight is 491 g/mol. The normalized spacial score (nSPS) is 32.6. The van der Waals surface area contributed by atoms with E-state index in [9.17, 15) is 14.0 Å². The molecule has 0 amide bonds. The smallest absolute Gasteiger partial charge is 0.309 e. The molecule has 1 heterocycles. The Labute approximate surface area is 216 Å². The maximum atomic E-state index is 13.7. The fourth-order valence-electron chi connectivity index (χ4n) is 6.71. The third-order valence-corrected chi connectivity index (χ3v) is 8.58. The predicted molar refractivity (Wildman–Crippen MR) is 144 cm³/mol. The van der Waals surface area contributed by atoms with Gasteiger partial charge in [0.15, 0.2) is 5.78 Å². The van der Waals surface area contributed by atoms with Crippen LogP contribution >= 0.6 is 0 Å². The topological polar surface area (TPSA) is 43.4 Å². The van der Waals surface area contributed by atoms with Gasteiger partial charge in [-0.25, -0.2) is 4.39 Å². The number of carbonyl (C=O) groups excluding carboxylic acids is 2. The molecule has 0 N–H and O–H groups in total. The first-order valence-corrected chi connectivity index (χ1v) is 13.0. The zero-order valence-electron chi connectivity index (χ0n) is 21.6. The fourth-order valence-corrected chi connectivity index (χ4v) is 6.71. The van der Waals surface area contributed by atoms with E-state index in [2.05, 4.69) is 25.3 Å². The maximum absolute atomic E-state index is 13.7. The molecule has 0 spiro atoms. The van der Waals surface area contributed by atoms with Gasteiger partial charge in [0.1, 0.15) is 11.9 Å². The first kappa shape index (κ1) is 26.1. The van der Waals surface area contributed by atoms with Crippen molar-refractivity contribution in [3.63, 3.8) is 0 Å². The van der Waals surface area contributed by atoms with Gasteiger partial charge >= 0.3 is 5.97 Å². The number of benzene rings is 1. The Morgan fingerprint density at radius 2 is 1.97 bits per heavy atom. The highest BCUT2D eigenvalue weighted by molar-refractivity contribution is 5.93. The quantitative estimate of drug-likeness (QED) is 0.226. The summed E-state index contributed by atoms with van der Waals surface area (Å²) in [7, 11) is 0. The molecule has 4 rings (SSSR count). The number of Topliss-reactive ketones (excluding diaryl/α,β-unsaturated/α-hetero) is 1. The molecule has 1 aliphatic heterocycles. The minimum atomic E-state index is -0.272. The van der Waals surface area contributed by atoms with Gasteiger partial charge in [-0.05, 0) is 99.0 Å². The number of allylic oxidation sites excluding steroid dienone is 8. The summed E-state index contributed by atoms with van der Waals surface area (Å²) >= 11 is 0. The number of carbonyl (C=O) groups is 2. The largest absolute Gasteiger partial charge is 0.462 e. The molecule has 192 valence electrons. The molecule has 3 aliphatic rings. The van der Waals surface area contributed by atoms with Crippen LogP contribution in [-0.4, -0.2) is 17.9 Å². The minimum Gasteiger partial charge on any atom is -0.462 e. The van der Waals surface area contributed by atoms with Crippen molar-refractivity contribution in [1.82, 2.24) is 0 Å². The molecule has 3 nitrogen and oxygen atoms in total. The molecular weight excluding hydrogens is 451 g/mol. The lowest BCUT2D eigenvalue weighted by Gasteiger charge is -2.47. The summed E-state index contributed by atoms with van der Waals surface area (Å²) in [6.45, 7) is 13.6. The van der Waals surface area contributed by atoms with Crippen LogP contribution < -0.4 is 0 Å². The van der Waals surface area contributed by atoms with Crippen molar-refractivity contribution < 1.29 is 20.1 Å². The summed E-state index contributed by atoms with van der Waals surface area (Å²) in [5.74, 6) is 1.15. The number of cyclic esters (lactones) is 1. The van der Waals surface area contributed by atoms with E-state index < -0.39 is 0 Å². The third kappa shape index (κ3) is 5.38. The summed E-state index contributed by atoms with van der Waals surface area (Å²) < 4.78 is 19.4. The van der Waals surface area contributed by atoms with E-state index in [0.29, 0.717) is 11.8 Å². The van der Waals surface area contributed by atoms with E-state index in [-0.39, 0.29) is 48.8 Å². The summed E-state index contributed by atoms with van der Waals surface area (Å²) in [4.78, 5) is 24.6. The van der Waals surface area contributed by atoms with Crippen LogP contribution in [0.4, 0.5) is 4.39 Å². The minimum absolute atomic E-state index is 0. The molecule has 1 aromatic rings. The van der Waals surface area contributed by atoms with Gasteiger partial charge in [-0.1, -0.05) is 61.2 Å². The number of hydrogen-bond acceptors (Lipinski definition) is 3. The lowest BCUT2D eigenvalue weighted by molar-refractivity contribution is -0.144. The number of fused-ring (bicyclic) bond motifs is 2. The monoisotopic (exact) mass is 490 g/mol. The van der Waals surface area contributed by atoms with Crippen LogP contribution in [0.15, 0.2) is 78.9 Å². The number of rotatable bonds is 7. The molecule has 36 heavy (non-hydrogen) atoms.